The summed E-state index contributed by atoms with van der Waals surface area (Å²) in [5.74, 6) is 1.96. The molecule has 2 rings (SSSR count). The summed E-state index contributed by atoms with van der Waals surface area (Å²) in [4.78, 5) is 4.66. The monoisotopic (exact) mass is 498 g/mol. The molecule has 1 unspecified atom stereocenters. The molecular weight excluding hydrogens is 471 g/mol. The number of sulfonamides is 1. The molecule has 4 N–H and O–H groups in total. The molecule has 0 saturated carbocycles. The summed E-state index contributed by atoms with van der Waals surface area (Å²) in [6.45, 7) is 6.32. The van der Waals surface area contributed by atoms with Crippen molar-refractivity contribution in [3.63, 3.8) is 0 Å². The van der Waals surface area contributed by atoms with E-state index < -0.39 is 10.0 Å². The number of primary sulfonamides is 1. The van der Waals surface area contributed by atoms with Crippen molar-refractivity contribution in [1.82, 2.24) is 10.6 Å². The highest BCUT2D eigenvalue weighted by Crippen LogP contribution is 2.36. The van der Waals surface area contributed by atoms with E-state index >= 15 is 0 Å². The third-order valence-corrected chi connectivity index (χ3v) is 6.37. The van der Waals surface area contributed by atoms with Crippen LogP contribution in [0.1, 0.15) is 32.3 Å². The molecule has 1 aromatic rings. The van der Waals surface area contributed by atoms with Gasteiger partial charge in [0.05, 0.1) is 11.4 Å². The van der Waals surface area contributed by atoms with Gasteiger partial charge in [-0.3, -0.25) is 0 Å². The van der Waals surface area contributed by atoms with Crippen LogP contribution < -0.4 is 15.8 Å². The number of nitrogens with two attached hydrogens (primary N) is 1. The minimum Gasteiger partial charge on any atom is -0.357 e. The SMILES string of the molecule is CCNC(=NCc1cccc(S(N)(=O)=O)c1)NCC1(C)CCCS1.I. The van der Waals surface area contributed by atoms with Crippen molar-refractivity contribution >= 4 is 51.7 Å². The highest BCUT2D eigenvalue weighted by atomic mass is 127. The first-order valence-electron chi connectivity index (χ1n) is 8.10. The van der Waals surface area contributed by atoms with Gasteiger partial charge in [0.2, 0.25) is 10.0 Å². The molecule has 9 heteroatoms. The summed E-state index contributed by atoms with van der Waals surface area (Å²) in [5.41, 5.74) is 0.806. The number of thioether (sulfide) groups is 1. The predicted octanol–water partition coefficient (Wildman–Crippen LogP) is 2.29. The summed E-state index contributed by atoms with van der Waals surface area (Å²) in [5, 5.41) is 11.8. The number of nitrogens with zero attached hydrogens (tertiary/aromatic N) is 1. The number of aliphatic imine (C=N–C) groups is 1. The van der Waals surface area contributed by atoms with E-state index in [0.717, 1.165) is 24.6 Å². The Labute approximate surface area is 171 Å². The van der Waals surface area contributed by atoms with Gasteiger partial charge >= 0.3 is 0 Å². The van der Waals surface area contributed by atoms with Gasteiger partial charge in [0, 0.05) is 17.8 Å². The van der Waals surface area contributed by atoms with Crippen LogP contribution in [0.5, 0.6) is 0 Å². The average Bonchev–Trinajstić information content (AvgIpc) is 2.97. The molecule has 0 aromatic heterocycles. The summed E-state index contributed by atoms with van der Waals surface area (Å²) in [7, 11) is -3.69. The fraction of sp³-hybridized carbons (Fsp3) is 0.562. The maximum atomic E-state index is 11.4. The van der Waals surface area contributed by atoms with Gasteiger partial charge in [0.15, 0.2) is 5.96 Å². The second-order valence-corrected chi connectivity index (χ2v) is 9.39. The van der Waals surface area contributed by atoms with Gasteiger partial charge in [-0.25, -0.2) is 18.5 Å². The van der Waals surface area contributed by atoms with Crippen molar-refractivity contribution in [3.8, 4) is 0 Å². The zero-order valence-corrected chi connectivity index (χ0v) is 18.6. The van der Waals surface area contributed by atoms with Crippen LogP contribution in [0.3, 0.4) is 0 Å². The number of guanidine groups is 1. The molecule has 0 spiro atoms. The van der Waals surface area contributed by atoms with E-state index in [1.165, 1.54) is 24.7 Å². The highest BCUT2D eigenvalue weighted by molar-refractivity contribution is 14.0. The molecule has 0 bridgehead atoms. The van der Waals surface area contributed by atoms with E-state index in [1.807, 2.05) is 24.8 Å². The minimum absolute atomic E-state index is 0. The van der Waals surface area contributed by atoms with Gasteiger partial charge in [-0.15, -0.1) is 24.0 Å². The Balaban J connectivity index is 0.00000312. The Morgan fingerprint density at radius 3 is 2.76 bits per heavy atom. The van der Waals surface area contributed by atoms with Gasteiger partial charge in [0.1, 0.15) is 0 Å². The number of hydrogen-bond acceptors (Lipinski definition) is 4. The number of nitrogens with one attached hydrogen (secondary N) is 2. The van der Waals surface area contributed by atoms with Gasteiger partial charge in [-0.05, 0) is 50.1 Å². The summed E-state index contributed by atoms with van der Waals surface area (Å²) in [6, 6.07) is 6.58. The predicted molar refractivity (Wildman–Crippen MR) is 116 cm³/mol. The maximum Gasteiger partial charge on any atom is 0.238 e. The molecule has 1 atom stereocenters. The number of benzene rings is 1. The van der Waals surface area contributed by atoms with Crippen LogP contribution in [-0.2, 0) is 16.6 Å². The molecule has 1 saturated heterocycles. The molecule has 0 aliphatic carbocycles. The van der Waals surface area contributed by atoms with Crippen molar-refractivity contribution < 1.29 is 8.42 Å². The largest absolute Gasteiger partial charge is 0.357 e. The van der Waals surface area contributed by atoms with Crippen LogP contribution in [0.2, 0.25) is 0 Å². The van der Waals surface area contributed by atoms with E-state index in [9.17, 15) is 8.42 Å². The fourth-order valence-electron chi connectivity index (χ4n) is 2.58. The highest BCUT2D eigenvalue weighted by Gasteiger charge is 2.29. The van der Waals surface area contributed by atoms with Crippen molar-refractivity contribution in [2.75, 3.05) is 18.8 Å². The van der Waals surface area contributed by atoms with Crippen LogP contribution in [0.25, 0.3) is 0 Å². The lowest BCUT2D eigenvalue weighted by atomic mass is 10.1. The first-order chi connectivity index (χ1) is 11.3. The molecule has 0 radical (unpaired) electrons. The smallest absolute Gasteiger partial charge is 0.238 e. The zero-order chi connectivity index (χ0) is 17.6. The van der Waals surface area contributed by atoms with Crippen molar-refractivity contribution in [2.45, 2.75) is 42.9 Å². The molecule has 25 heavy (non-hydrogen) atoms. The van der Waals surface area contributed by atoms with E-state index in [4.69, 9.17) is 5.14 Å². The third kappa shape index (κ3) is 7.32. The van der Waals surface area contributed by atoms with Crippen molar-refractivity contribution in [2.24, 2.45) is 10.1 Å². The molecule has 1 aliphatic heterocycles. The second kappa shape index (κ2) is 9.98. The lowest BCUT2D eigenvalue weighted by molar-refractivity contribution is 0.584. The van der Waals surface area contributed by atoms with Crippen LogP contribution in [0.15, 0.2) is 34.2 Å². The first-order valence-corrected chi connectivity index (χ1v) is 10.6. The molecule has 6 nitrogen and oxygen atoms in total. The van der Waals surface area contributed by atoms with E-state index in [0.29, 0.717) is 6.54 Å². The van der Waals surface area contributed by atoms with Crippen LogP contribution in [-0.4, -0.2) is 38.0 Å². The number of hydrogen-bond donors (Lipinski definition) is 3. The third-order valence-electron chi connectivity index (χ3n) is 3.92. The fourth-order valence-corrected chi connectivity index (χ4v) is 4.41. The average molecular weight is 498 g/mol. The Bertz CT molecular complexity index is 689. The standard InChI is InChI=1S/C16H26N4O2S2.HI/c1-3-18-15(20-12-16(2)8-5-9-23-16)19-11-13-6-4-7-14(10-13)24(17,21)22;/h4,6-7,10H,3,5,8-9,11-12H2,1-2H3,(H2,17,21,22)(H2,18,19,20);1H. The Morgan fingerprint density at radius 1 is 1.40 bits per heavy atom. The lowest BCUT2D eigenvalue weighted by Gasteiger charge is -2.24. The Hall–Kier alpha value is -0.520. The molecule has 1 heterocycles. The molecule has 1 aromatic carbocycles. The Morgan fingerprint density at radius 2 is 2.16 bits per heavy atom. The maximum absolute atomic E-state index is 11.4. The van der Waals surface area contributed by atoms with E-state index in [-0.39, 0.29) is 33.6 Å². The minimum atomic E-state index is -3.69. The topological polar surface area (TPSA) is 96.6 Å². The van der Waals surface area contributed by atoms with Crippen LogP contribution in [0, 0.1) is 0 Å². The first kappa shape index (κ1) is 22.5. The van der Waals surface area contributed by atoms with Crippen molar-refractivity contribution in [1.29, 1.82) is 0 Å². The lowest BCUT2D eigenvalue weighted by Crippen LogP contribution is -2.43. The summed E-state index contributed by atoms with van der Waals surface area (Å²) < 4.78 is 23.1. The summed E-state index contributed by atoms with van der Waals surface area (Å²) >= 11 is 2.00. The molecule has 0 amide bonds. The van der Waals surface area contributed by atoms with Crippen LogP contribution in [0.4, 0.5) is 0 Å². The zero-order valence-electron chi connectivity index (χ0n) is 14.6. The Kier molecular flexibility index (Phi) is 8.99. The van der Waals surface area contributed by atoms with Gasteiger partial charge in [-0.1, -0.05) is 12.1 Å². The second-order valence-electron chi connectivity index (χ2n) is 6.14. The van der Waals surface area contributed by atoms with Crippen LogP contribution >= 0.6 is 35.7 Å². The van der Waals surface area contributed by atoms with Gasteiger partial charge in [0.25, 0.3) is 0 Å². The molecule has 1 aliphatic rings. The van der Waals surface area contributed by atoms with E-state index in [2.05, 4.69) is 22.5 Å². The van der Waals surface area contributed by atoms with Crippen molar-refractivity contribution in [3.05, 3.63) is 29.8 Å². The van der Waals surface area contributed by atoms with Gasteiger partial charge < -0.3 is 10.6 Å². The number of halogens is 1. The summed E-state index contributed by atoms with van der Waals surface area (Å²) in [6.07, 6.45) is 2.47. The molecule has 142 valence electrons. The van der Waals surface area contributed by atoms with E-state index in [1.54, 1.807) is 12.1 Å². The normalized spacial score (nSPS) is 20.8. The van der Waals surface area contributed by atoms with Gasteiger partial charge in [-0.2, -0.15) is 11.8 Å². The number of rotatable bonds is 6. The molecule has 1 fully saturated rings. The quantitative estimate of drug-likeness (QED) is 0.318. The molecular formula is C16H27IN4O2S2.